The summed E-state index contributed by atoms with van der Waals surface area (Å²) >= 11 is 0. The fourth-order valence-corrected chi connectivity index (χ4v) is 1.53. The smallest absolute Gasteiger partial charge is 0.0695 e. The summed E-state index contributed by atoms with van der Waals surface area (Å²) in [5.74, 6) is 0. The Morgan fingerprint density at radius 3 is 3.20 bits per heavy atom. The van der Waals surface area contributed by atoms with Crippen LogP contribution in [0.25, 0.3) is 10.9 Å². The first-order valence-electron chi connectivity index (χ1n) is 5.06. The number of fused-ring (bicyclic) bond motifs is 1. The quantitative estimate of drug-likeness (QED) is 0.698. The van der Waals surface area contributed by atoms with Crippen molar-refractivity contribution < 1.29 is 5.11 Å². The Balaban J connectivity index is 2.17. The molecule has 0 aliphatic rings. The van der Waals surface area contributed by atoms with Gasteiger partial charge in [0.05, 0.1) is 18.3 Å². The molecule has 3 N–H and O–H groups in total. The van der Waals surface area contributed by atoms with Crippen LogP contribution >= 0.6 is 0 Å². The van der Waals surface area contributed by atoms with E-state index in [1.807, 2.05) is 25.3 Å². The van der Waals surface area contributed by atoms with Crippen molar-refractivity contribution in [2.45, 2.75) is 19.5 Å². The number of para-hydroxylation sites is 1. The number of hydrogen-bond donors (Lipinski definition) is 3. The minimum atomic E-state index is 0.114. The summed E-state index contributed by atoms with van der Waals surface area (Å²) in [6.45, 7) is 2.84. The van der Waals surface area contributed by atoms with Gasteiger partial charge >= 0.3 is 0 Å². The summed E-state index contributed by atoms with van der Waals surface area (Å²) in [5.41, 5.74) is 2.24. The third-order valence-corrected chi connectivity index (χ3v) is 2.48. The van der Waals surface area contributed by atoms with Gasteiger partial charge in [-0.3, -0.25) is 5.10 Å². The lowest BCUT2D eigenvalue weighted by Crippen LogP contribution is -2.28. The van der Waals surface area contributed by atoms with Gasteiger partial charge in [-0.05, 0) is 12.5 Å². The molecule has 1 atom stereocenters. The van der Waals surface area contributed by atoms with E-state index in [0.717, 1.165) is 17.4 Å². The molecule has 0 aliphatic carbocycles. The van der Waals surface area contributed by atoms with Gasteiger partial charge in [-0.1, -0.05) is 18.2 Å². The normalized spacial score (nSPS) is 13.2. The molecular formula is C11H15N3O. The monoisotopic (exact) mass is 205 g/mol. The summed E-state index contributed by atoms with van der Waals surface area (Å²) in [6.07, 6.45) is 1.81. The molecule has 0 aliphatic heterocycles. The first kappa shape index (κ1) is 10.1. The minimum absolute atomic E-state index is 0.114. The van der Waals surface area contributed by atoms with Crippen LogP contribution in [0.15, 0.2) is 24.4 Å². The van der Waals surface area contributed by atoms with E-state index >= 15 is 0 Å². The van der Waals surface area contributed by atoms with E-state index in [9.17, 15) is 0 Å². The Morgan fingerprint density at radius 2 is 2.40 bits per heavy atom. The first-order valence-corrected chi connectivity index (χ1v) is 5.06. The second-order valence-electron chi connectivity index (χ2n) is 3.72. The van der Waals surface area contributed by atoms with Gasteiger partial charge in [0.15, 0.2) is 0 Å². The molecule has 1 aromatic heterocycles. The van der Waals surface area contributed by atoms with Crippen LogP contribution in [0.2, 0.25) is 0 Å². The highest BCUT2D eigenvalue weighted by Crippen LogP contribution is 2.15. The molecule has 4 nitrogen and oxygen atoms in total. The number of benzene rings is 1. The van der Waals surface area contributed by atoms with Gasteiger partial charge in [-0.25, -0.2) is 0 Å². The molecule has 0 spiro atoms. The highest BCUT2D eigenvalue weighted by molar-refractivity contribution is 5.81. The molecule has 2 aromatic rings. The number of aromatic amines is 1. The van der Waals surface area contributed by atoms with Crippen LogP contribution < -0.4 is 5.32 Å². The summed E-state index contributed by atoms with van der Waals surface area (Å²) in [5, 5.41) is 20.2. The van der Waals surface area contributed by atoms with Crippen LogP contribution in [0.3, 0.4) is 0 Å². The molecule has 0 radical (unpaired) electrons. The fraction of sp³-hybridized carbons (Fsp3) is 0.364. The van der Waals surface area contributed by atoms with Gasteiger partial charge in [0.1, 0.15) is 0 Å². The largest absolute Gasteiger partial charge is 0.395 e. The predicted octanol–water partition coefficient (Wildman–Crippen LogP) is 1.03. The molecule has 15 heavy (non-hydrogen) atoms. The van der Waals surface area contributed by atoms with E-state index in [-0.39, 0.29) is 12.6 Å². The molecule has 0 unspecified atom stereocenters. The SMILES string of the molecule is C[C@H](CO)NCc1cccc2cn[nH]c12. The number of nitrogens with one attached hydrogen (secondary N) is 2. The zero-order valence-electron chi connectivity index (χ0n) is 8.70. The lowest BCUT2D eigenvalue weighted by atomic mass is 10.1. The predicted molar refractivity (Wildman–Crippen MR) is 59.5 cm³/mol. The van der Waals surface area contributed by atoms with Gasteiger partial charge in [0.25, 0.3) is 0 Å². The average molecular weight is 205 g/mol. The molecule has 0 amide bonds. The van der Waals surface area contributed by atoms with Crippen LogP contribution in [-0.4, -0.2) is 28.0 Å². The molecule has 0 bridgehead atoms. The highest BCUT2D eigenvalue weighted by Gasteiger charge is 2.04. The van der Waals surface area contributed by atoms with Crippen LogP contribution in [0.4, 0.5) is 0 Å². The molecule has 4 heteroatoms. The number of hydrogen-bond acceptors (Lipinski definition) is 3. The Kier molecular flexibility index (Phi) is 2.99. The standard InChI is InChI=1S/C11H15N3O/c1-8(7-15)12-5-9-3-2-4-10-6-13-14-11(9)10/h2-4,6,8,12,15H,5,7H2,1H3,(H,13,14)/t8-/m1/s1. The molecule has 2 rings (SSSR count). The van der Waals surface area contributed by atoms with Crippen molar-refractivity contribution in [3.05, 3.63) is 30.0 Å². The van der Waals surface area contributed by atoms with Crippen molar-refractivity contribution in [2.75, 3.05) is 6.61 Å². The third-order valence-electron chi connectivity index (χ3n) is 2.48. The maximum Gasteiger partial charge on any atom is 0.0695 e. The van der Waals surface area contributed by atoms with E-state index < -0.39 is 0 Å². The van der Waals surface area contributed by atoms with E-state index in [1.165, 1.54) is 5.56 Å². The summed E-state index contributed by atoms with van der Waals surface area (Å²) in [4.78, 5) is 0. The van der Waals surface area contributed by atoms with E-state index in [4.69, 9.17) is 5.11 Å². The number of rotatable bonds is 4. The number of aliphatic hydroxyl groups is 1. The first-order chi connectivity index (χ1) is 7.31. The summed E-state index contributed by atoms with van der Waals surface area (Å²) in [6, 6.07) is 6.21. The minimum Gasteiger partial charge on any atom is -0.395 e. The van der Waals surface area contributed by atoms with Gasteiger partial charge in [0, 0.05) is 18.0 Å². The second-order valence-corrected chi connectivity index (χ2v) is 3.72. The fourth-order valence-electron chi connectivity index (χ4n) is 1.53. The van der Waals surface area contributed by atoms with Gasteiger partial charge in [0.2, 0.25) is 0 Å². The van der Waals surface area contributed by atoms with Gasteiger partial charge in [-0.15, -0.1) is 0 Å². The Hall–Kier alpha value is -1.39. The zero-order valence-corrected chi connectivity index (χ0v) is 8.70. The van der Waals surface area contributed by atoms with Crippen LogP contribution in [0.5, 0.6) is 0 Å². The lowest BCUT2D eigenvalue weighted by molar-refractivity contribution is 0.251. The molecule has 0 fully saturated rings. The Bertz CT molecular complexity index is 438. The molecule has 80 valence electrons. The van der Waals surface area contributed by atoms with Crippen molar-refractivity contribution in [3.8, 4) is 0 Å². The van der Waals surface area contributed by atoms with Crippen LogP contribution in [0, 0.1) is 0 Å². The summed E-state index contributed by atoms with van der Waals surface area (Å²) in [7, 11) is 0. The Labute approximate surface area is 88.3 Å². The third kappa shape index (κ3) is 2.16. The van der Waals surface area contributed by atoms with E-state index in [2.05, 4.69) is 21.6 Å². The molecule has 0 saturated heterocycles. The number of H-pyrrole nitrogens is 1. The van der Waals surface area contributed by atoms with Gasteiger partial charge in [-0.2, -0.15) is 5.10 Å². The van der Waals surface area contributed by atoms with Gasteiger partial charge < -0.3 is 10.4 Å². The maximum atomic E-state index is 8.90. The molecule has 1 heterocycles. The topological polar surface area (TPSA) is 60.9 Å². The molecular weight excluding hydrogens is 190 g/mol. The highest BCUT2D eigenvalue weighted by atomic mass is 16.3. The second kappa shape index (κ2) is 4.42. The zero-order chi connectivity index (χ0) is 10.7. The van der Waals surface area contributed by atoms with E-state index in [0.29, 0.717) is 0 Å². The van der Waals surface area contributed by atoms with Crippen molar-refractivity contribution in [3.63, 3.8) is 0 Å². The van der Waals surface area contributed by atoms with Crippen molar-refractivity contribution in [1.82, 2.24) is 15.5 Å². The lowest BCUT2D eigenvalue weighted by Gasteiger charge is -2.10. The Morgan fingerprint density at radius 1 is 1.53 bits per heavy atom. The van der Waals surface area contributed by atoms with Crippen molar-refractivity contribution >= 4 is 10.9 Å². The summed E-state index contributed by atoms with van der Waals surface area (Å²) < 4.78 is 0. The molecule has 0 saturated carbocycles. The van der Waals surface area contributed by atoms with Crippen molar-refractivity contribution in [1.29, 1.82) is 0 Å². The maximum absolute atomic E-state index is 8.90. The van der Waals surface area contributed by atoms with Crippen LogP contribution in [-0.2, 0) is 6.54 Å². The van der Waals surface area contributed by atoms with Crippen molar-refractivity contribution in [2.24, 2.45) is 0 Å². The molecule has 1 aromatic carbocycles. The van der Waals surface area contributed by atoms with Crippen LogP contribution in [0.1, 0.15) is 12.5 Å². The average Bonchev–Trinajstić information content (AvgIpc) is 2.74. The number of aliphatic hydroxyl groups excluding tert-OH is 1. The number of nitrogens with zero attached hydrogens (tertiary/aromatic N) is 1. The van der Waals surface area contributed by atoms with E-state index in [1.54, 1.807) is 0 Å². The number of aromatic nitrogens is 2.